The van der Waals surface area contributed by atoms with E-state index >= 15 is 0 Å². The molecule has 1 aromatic heterocycles. The second kappa shape index (κ2) is 10.1. The van der Waals surface area contributed by atoms with Gasteiger partial charge in [-0.25, -0.2) is 0 Å². The normalized spacial score (nSPS) is 11.4. The molecule has 5 aromatic rings. The van der Waals surface area contributed by atoms with Crippen LogP contribution >= 0.6 is 11.3 Å². The van der Waals surface area contributed by atoms with Crippen molar-refractivity contribution in [2.45, 2.75) is 13.1 Å². The Kier molecular flexibility index (Phi) is 6.68. The second-order valence-electron chi connectivity index (χ2n) is 8.56. The smallest absolute Gasteiger partial charge is 0.268 e. The molecule has 0 bridgehead atoms. The predicted octanol–water partition coefficient (Wildman–Crippen LogP) is 9.39. The van der Waals surface area contributed by atoms with Crippen LogP contribution in [0.25, 0.3) is 22.3 Å². The van der Waals surface area contributed by atoms with E-state index in [1.807, 2.05) is 73.7 Å². The molecule has 4 aromatic carbocycles. The topological polar surface area (TPSA) is 20.3 Å². The van der Waals surface area contributed by atoms with Gasteiger partial charge in [-0.15, -0.1) is 11.3 Å². The lowest BCUT2D eigenvalue weighted by molar-refractivity contribution is -0.137. The quantitative estimate of drug-likeness (QED) is 0.229. The van der Waals surface area contributed by atoms with Gasteiger partial charge in [-0.05, 0) is 71.6 Å². The second-order valence-corrected chi connectivity index (χ2v) is 9.82. The first-order valence-corrected chi connectivity index (χ1v) is 12.5. The molecule has 1 amide bonds. The molecule has 0 N–H and O–H groups in total. The number of hydrogen-bond donors (Lipinski definition) is 0. The van der Waals surface area contributed by atoms with E-state index in [-0.39, 0.29) is 5.91 Å². The molecule has 0 fully saturated rings. The van der Waals surface area contributed by atoms with Crippen LogP contribution in [0.15, 0.2) is 115 Å². The van der Waals surface area contributed by atoms with Crippen LogP contribution < -0.4 is 4.90 Å². The highest BCUT2D eigenvalue weighted by molar-refractivity contribution is 7.16. The summed E-state index contributed by atoms with van der Waals surface area (Å²) in [7, 11) is 0. The third-order valence-electron chi connectivity index (χ3n) is 6.06. The summed E-state index contributed by atoms with van der Waals surface area (Å²) in [5.41, 5.74) is 3.60. The fourth-order valence-corrected chi connectivity index (χ4v) is 5.08. The summed E-state index contributed by atoms with van der Waals surface area (Å²) >= 11 is 1.50. The predicted molar refractivity (Wildman–Crippen MR) is 144 cm³/mol. The average Bonchev–Trinajstić information content (AvgIpc) is 3.34. The lowest BCUT2D eigenvalue weighted by atomic mass is 9.97. The van der Waals surface area contributed by atoms with E-state index in [1.165, 1.54) is 23.5 Å². The molecular formula is C31H22F3NOS. The zero-order valence-electron chi connectivity index (χ0n) is 19.9. The molecule has 0 saturated heterocycles. The van der Waals surface area contributed by atoms with Gasteiger partial charge >= 0.3 is 6.18 Å². The van der Waals surface area contributed by atoms with Crippen molar-refractivity contribution in [2.75, 3.05) is 4.90 Å². The first-order chi connectivity index (χ1) is 17.8. The number of benzene rings is 4. The molecular weight excluding hydrogens is 491 g/mol. The van der Waals surface area contributed by atoms with E-state index in [0.717, 1.165) is 33.1 Å². The summed E-state index contributed by atoms with van der Waals surface area (Å²) in [4.78, 5) is 16.8. The third-order valence-corrected chi connectivity index (χ3v) is 7.05. The molecule has 0 aliphatic rings. The number of halogens is 3. The summed E-state index contributed by atoms with van der Waals surface area (Å²) in [5, 5.41) is 0.761. The first kappa shape index (κ1) is 24.5. The van der Waals surface area contributed by atoms with Crippen LogP contribution in [0.5, 0.6) is 0 Å². The standard InChI is InChI=1S/C31H22F3NOS/c1-21-11-20-29(37-21)35(26-18-14-23(15-19-26)22-7-3-2-4-8-22)30(36)28-10-6-5-9-27(28)24-12-16-25(17-13-24)31(32,33)34/h2-20H,1H3. The minimum atomic E-state index is -4.42. The number of carbonyl (C=O) groups excluding carboxylic acids is 1. The maximum absolute atomic E-state index is 14.1. The van der Waals surface area contributed by atoms with Gasteiger partial charge < -0.3 is 0 Å². The molecule has 37 heavy (non-hydrogen) atoms. The maximum Gasteiger partial charge on any atom is 0.416 e. The van der Waals surface area contributed by atoms with Crippen molar-refractivity contribution in [1.29, 1.82) is 0 Å². The monoisotopic (exact) mass is 513 g/mol. The minimum absolute atomic E-state index is 0.259. The molecule has 0 aliphatic heterocycles. The molecule has 0 saturated carbocycles. The van der Waals surface area contributed by atoms with Gasteiger partial charge in [0.1, 0.15) is 5.00 Å². The molecule has 184 valence electrons. The van der Waals surface area contributed by atoms with Crippen LogP contribution in [-0.2, 0) is 6.18 Å². The van der Waals surface area contributed by atoms with Gasteiger partial charge in [-0.1, -0.05) is 72.8 Å². The number of hydrogen-bond acceptors (Lipinski definition) is 2. The number of thiophene rings is 1. The van der Waals surface area contributed by atoms with Crippen molar-refractivity contribution in [2.24, 2.45) is 0 Å². The van der Waals surface area contributed by atoms with Crippen molar-refractivity contribution in [3.05, 3.63) is 131 Å². The summed E-state index contributed by atoms with van der Waals surface area (Å²) < 4.78 is 39.3. The van der Waals surface area contributed by atoms with E-state index < -0.39 is 11.7 Å². The molecule has 0 atom stereocenters. The number of anilines is 2. The zero-order chi connectivity index (χ0) is 26.0. The van der Waals surface area contributed by atoms with Gasteiger partial charge in [-0.2, -0.15) is 13.2 Å². The van der Waals surface area contributed by atoms with Crippen LogP contribution in [0.1, 0.15) is 20.8 Å². The van der Waals surface area contributed by atoms with Crippen LogP contribution in [0.4, 0.5) is 23.9 Å². The lowest BCUT2D eigenvalue weighted by Gasteiger charge is -2.23. The van der Waals surface area contributed by atoms with E-state index in [0.29, 0.717) is 22.4 Å². The van der Waals surface area contributed by atoms with Crippen LogP contribution in [0.3, 0.4) is 0 Å². The summed E-state index contributed by atoms with van der Waals surface area (Å²) in [6, 6.07) is 33.5. The number of rotatable bonds is 5. The molecule has 0 radical (unpaired) electrons. The Hall–Kier alpha value is -4.16. The van der Waals surface area contributed by atoms with Gasteiger partial charge in [-0.3, -0.25) is 9.69 Å². The highest BCUT2D eigenvalue weighted by Gasteiger charge is 2.30. The highest BCUT2D eigenvalue weighted by atomic mass is 32.1. The Bertz CT molecular complexity index is 1520. The van der Waals surface area contributed by atoms with Gasteiger partial charge in [0.2, 0.25) is 0 Å². The Morgan fingerprint density at radius 3 is 1.89 bits per heavy atom. The van der Waals surface area contributed by atoms with Crippen molar-refractivity contribution in [3.8, 4) is 22.3 Å². The Morgan fingerprint density at radius 1 is 0.676 bits per heavy atom. The molecule has 0 unspecified atom stereocenters. The Morgan fingerprint density at radius 2 is 1.27 bits per heavy atom. The number of nitrogens with zero attached hydrogens (tertiary/aromatic N) is 1. The van der Waals surface area contributed by atoms with Gasteiger partial charge in [0.05, 0.1) is 11.3 Å². The fraction of sp³-hybridized carbons (Fsp3) is 0.0645. The zero-order valence-corrected chi connectivity index (χ0v) is 20.7. The summed E-state index contributed by atoms with van der Waals surface area (Å²) in [6.07, 6.45) is -4.42. The molecule has 5 rings (SSSR count). The van der Waals surface area contributed by atoms with Crippen molar-refractivity contribution in [3.63, 3.8) is 0 Å². The van der Waals surface area contributed by atoms with Crippen LogP contribution in [0, 0.1) is 6.92 Å². The van der Waals surface area contributed by atoms with E-state index in [2.05, 4.69) is 0 Å². The van der Waals surface area contributed by atoms with Crippen LogP contribution in [-0.4, -0.2) is 5.91 Å². The fourth-order valence-electron chi connectivity index (χ4n) is 4.20. The number of amides is 1. The first-order valence-electron chi connectivity index (χ1n) is 11.6. The average molecular weight is 514 g/mol. The van der Waals surface area contributed by atoms with Crippen molar-refractivity contribution >= 4 is 27.9 Å². The Balaban J connectivity index is 1.56. The van der Waals surface area contributed by atoms with Crippen molar-refractivity contribution in [1.82, 2.24) is 0 Å². The van der Waals surface area contributed by atoms with E-state index in [4.69, 9.17) is 0 Å². The van der Waals surface area contributed by atoms with Gasteiger partial charge in [0.25, 0.3) is 5.91 Å². The third kappa shape index (κ3) is 5.20. The number of aryl methyl sites for hydroxylation is 1. The summed E-state index contributed by atoms with van der Waals surface area (Å²) in [5.74, 6) is -0.259. The minimum Gasteiger partial charge on any atom is -0.268 e. The molecule has 2 nitrogen and oxygen atoms in total. The van der Waals surface area contributed by atoms with Gasteiger partial charge in [0, 0.05) is 10.4 Å². The number of alkyl halides is 3. The van der Waals surface area contributed by atoms with E-state index in [9.17, 15) is 18.0 Å². The lowest BCUT2D eigenvalue weighted by Crippen LogP contribution is -2.25. The van der Waals surface area contributed by atoms with E-state index in [1.54, 1.807) is 29.2 Å². The summed E-state index contributed by atoms with van der Waals surface area (Å²) in [6.45, 7) is 1.98. The van der Waals surface area contributed by atoms with Crippen molar-refractivity contribution < 1.29 is 18.0 Å². The maximum atomic E-state index is 14.1. The highest BCUT2D eigenvalue weighted by Crippen LogP contribution is 2.37. The molecule has 6 heteroatoms. The van der Waals surface area contributed by atoms with Gasteiger partial charge in [0.15, 0.2) is 0 Å². The SMILES string of the molecule is Cc1ccc(N(C(=O)c2ccccc2-c2ccc(C(F)(F)F)cc2)c2ccc(-c3ccccc3)cc2)s1. The largest absolute Gasteiger partial charge is 0.416 e. The molecule has 0 spiro atoms. The number of carbonyl (C=O) groups is 1. The Labute approximate surface area is 217 Å². The molecule has 1 heterocycles. The molecule has 0 aliphatic carbocycles. The van der Waals surface area contributed by atoms with Crippen LogP contribution in [0.2, 0.25) is 0 Å².